The summed E-state index contributed by atoms with van der Waals surface area (Å²) in [4.78, 5) is 38.9. The van der Waals surface area contributed by atoms with Crippen molar-refractivity contribution >= 4 is 46.8 Å². The van der Waals surface area contributed by atoms with Crippen LogP contribution in [0.5, 0.6) is 0 Å². The Morgan fingerprint density at radius 1 is 1.06 bits per heavy atom. The van der Waals surface area contributed by atoms with Gasteiger partial charge >= 0.3 is 5.97 Å². The average molecular weight is 495 g/mol. The number of amides is 2. The molecule has 0 radical (unpaired) electrons. The fourth-order valence-corrected chi connectivity index (χ4v) is 5.11. The normalized spacial score (nSPS) is 15.3. The van der Waals surface area contributed by atoms with Crippen LogP contribution in [0.15, 0.2) is 72.8 Å². The van der Waals surface area contributed by atoms with Crippen molar-refractivity contribution in [2.24, 2.45) is 0 Å². The number of rotatable bonds is 7. The van der Waals surface area contributed by atoms with Crippen molar-refractivity contribution in [3.8, 4) is 0 Å². The number of anilines is 1. The minimum absolute atomic E-state index is 0.0838. The van der Waals surface area contributed by atoms with Gasteiger partial charge in [0.05, 0.1) is 29.1 Å². The average Bonchev–Trinajstić information content (AvgIpc) is 3.24. The molecule has 0 bridgehead atoms. The molecule has 8 heteroatoms. The largest absolute Gasteiger partial charge is 0.465 e. The Hall–Kier alpha value is -3.29. The van der Waals surface area contributed by atoms with Crippen LogP contribution in [0.25, 0.3) is 0 Å². The molecule has 34 heavy (non-hydrogen) atoms. The van der Waals surface area contributed by atoms with Crippen LogP contribution in [0.3, 0.4) is 0 Å². The fourth-order valence-electron chi connectivity index (χ4n) is 3.73. The minimum atomic E-state index is -0.517. The van der Waals surface area contributed by atoms with Crippen molar-refractivity contribution in [3.05, 3.63) is 100 Å². The summed E-state index contributed by atoms with van der Waals surface area (Å²) in [5.41, 5.74) is 3.20. The van der Waals surface area contributed by atoms with E-state index in [0.717, 1.165) is 12.0 Å². The highest BCUT2D eigenvalue weighted by molar-refractivity contribution is 8.00. The zero-order chi connectivity index (χ0) is 24.1. The second-order valence-corrected chi connectivity index (χ2v) is 9.22. The highest BCUT2D eigenvalue weighted by Crippen LogP contribution is 2.38. The Balaban J connectivity index is 1.44. The molecule has 0 spiro atoms. The number of nitrogens with one attached hydrogen (secondary N) is 1. The maximum absolute atomic E-state index is 12.8. The van der Waals surface area contributed by atoms with Gasteiger partial charge in [0, 0.05) is 12.1 Å². The molecule has 6 nitrogen and oxygen atoms in total. The second-order valence-electron chi connectivity index (χ2n) is 7.75. The Morgan fingerprint density at radius 3 is 2.47 bits per heavy atom. The Bertz CT molecular complexity index is 1200. The number of hydrogen-bond acceptors (Lipinski definition) is 5. The first-order valence-corrected chi connectivity index (χ1v) is 12.1. The molecule has 2 amide bonds. The van der Waals surface area contributed by atoms with Crippen LogP contribution in [0.4, 0.5) is 5.69 Å². The lowest BCUT2D eigenvalue weighted by atomic mass is 10.1. The molecule has 1 aliphatic heterocycles. The lowest BCUT2D eigenvalue weighted by molar-refractivity contribution is -0.128. The standard InChI is InChI=1S/C26H23ClN2O4S/c1-33-26(32)20-11-12-21(27)22(15-20)28-24(31)18-7-9-19(10-8-18)25-29(23(30)16-34-25)14-13-17-5-3-2-4-6-17/h2-12,15,25H,13-14,16H2,1H3,(H,28,31)/t25-/m0/s1. The molecule has 0 aromatic heterocycles. The van der Waals surface area contributed by atoms with Crippen LogP contribution >= 0.6 is 23.4 Å². The van der Waals surface area contributed by atoms with E-state index in [1.165, 1.54) is 30.9 Å². The van der Waals surface area contributed by atoms with E-state index in [1.54, 1.807) is 23.9 Å². The number of carbonyl (C=O) groups is 3. The maximum Gasteiger partial charge on any atom is 0.337 e. The van der Waals surface area contributed by atoms with E-state index in [-0.39, 0.29) is 22.8 Å². The monoisotopic (exact) mass is 494 g/mol. The Labute approximate surface area is 207 Å². The van der Waals surface area contributed by atoms with Gasteiger partial charge < -0.3 is 15.0 Å². The molecule has 174 valence electrons. The van der Waals surface area contributed by atoms with Crippen molar-refractivity contribution in [1.82, 2.24) is 4.90 Å². The molecule has 1 aliphatic rings. The highest BCUT2D eigenvalue weighted by atomic mass is 35.5. The molecule has 3 aromatic rings. The molecule has 0 saturated carbocycles. The third kappa shape index (κ3) is 5.43. The van der Waals surface area contributed by atoms with Gasteiger partial charge in [-0.3, -0.25) is 9.59 Å². The van der Waals surface area contributed by atoms with Crippen LogP contribution in [0, 0.1) is 0 Å². The first-order chi connectivity index (χ1) is 16.5. The molecule has 1 saturated heterocycles. The van der Waals surface area contributed by atoms with Gasteiger partial charge in [0.1, 0.15) is 5.37 Å². The lowest BCUT2D eigenvalue weighted by Gasteiger charge is -2.24. The number of hydrogen-bond donors (Lipinski definition) is 1. The van der Waals surface area contributed by atoms with Crippen molar-refractivity contribution in [3.63, 3.8) is 0 Å². The summed E-state index contributed by atoms with van der Waals surface area (Å²) in [7, 11) is 1.29. The van der Waals surface area contributed by atoms with Crippen LogP contribution in [-0.4, -0.2) is 42.1 Å². The van der Waals surface area contributed by atoms with E-state index in [9.17, 15) is 14.4 Å². The zero-order valence-corrected chi connectivity index (χ0v) is 20.1. The predicted octanol–water partition coefficient (Wildman–Crippen LogP) is 5.20. The number of benzene rings is 3. The van der Waals surface area contributed by atoms with E-state index in [4.69, 9.17) is 16.3 Å². The summed E-state index contributed by atoms with van der Waals surface area (Å²) in [5.74, 6) is -0.312. The van der Waals surface area contributed by atoms with Gasteiger partial charge in [-0.2, -0.15) is 0 Å². The summed E-state index contributed by atoms with van der Waals surface area (Å²) in [6.45, 7) is 0.637. The van der Waals surface area contributed by atoms with Crippen LogP contribution in [0.2, 0.25) is 5.02 Å². The summed E-state index contributed by atoms with van der Waals surface area (Å²) < 4.78 is 4.72. The van der Waals surface area contributed by atoms with E-state index in [0.29, 0.717) is 28.6 Å². The number of methoxy groups -OCH3 is 1. The predicted molar refractivity (Wildman–Crippen MR) is 134 cm³/mol. The Kier molecular flexibility index (Phi) is 7.55. The third-order valence-electron chi connectivity index (χ3n) is 5.55. The van der Waals surface area contributed by atoms with Crippen molar-refractivity contribution in [2.75, 3.05) is 24.7 Å². The van der Waals surface area contributed by atoms with Gasteiger partial charge in [-0.25, -0.2) is 4.79 Å². The molecule has 1 N–H and O–H groups in total. The van der Waals surface area contributed by atoms with Gasteiger partial charge in [-0.05, 0) is 47.9 Å². The van der Waals surface area contributed by atoms with E-state index < -0.39 is 5.97 Å². The van der Waals surface area contributed by atoms with E-state index >= 15 is 0 Å². The number of esters is 1. The van der Waals surface area contributed by atoms with Crippen LogP contribution < -0.4 is 5.32 Å². The van der Waals surface area contributed by atoms with E-state index in [1.807, 2.05) is 35.2 Å². The van der Waals surface area contributed by atoms with Gasteiger partial charge in [0.2, 0.25) is 5.91 Å². The van der Waals surface area contributed by atoms with Gasteiger partial charge in [0.25, 0.3) is 5.91 Å². The van der Waals surface area contributed by atoms with Gasteiger partial charge in [-0.1, -0.05) is 54.1 Å². The lowest BCUT2D eigenvalue weighted by Crippen LogP contribution is -2.30. The molecule has 1 atom stereocenters. The second kappa shape index (κ2) is 10.8. The first-order valence-electron chi connectivity index (χ1n) is 10.7. The third-order valence-corrected chi connectivity index (χ3v) is 7.13. The summed E-state index contributed by atoms with van der Waals surface area (Å²) in [6, 6.07) is 21.8. The Morgan fingerprint density at radius 2 is 1.76 bits per heavy atom. The number of thioether (sulfide) groups is 1. The summed E-state index contributed by atoms with van der Waals surface area (Å²) >= 11 is 7.77. The topological polar surface area (TPSA) is 75.7 Å². The smallest absolute Gasteiger partial charge is 0.337 e. The molecule has 3 aromatic carbocycles. The highest BCUT2D eigenvalue weighted by Gasteiger charge is 2.32. The van der Waals surface area contributed by atoms with Crippen molar-refractivity contribution < 1.29 is 19.1 Å². The molecule has 0 aliphatic carbocycles. The number of halogens is 1. The van der Waals surface area contributed by atoms with Gasteiger partial charge in [-0.15, -0.1) is 11.8 Å². The quantitative estimate of drug-likeness (QED) is 0.457. The molecule has 0 unspecified atom stereocenters. The molecular formula is C26H23ClN2O4S. The molecule has 1 fully saturated rings. The first kappa shape index (κ1) is 23.9. The summed E-state index contributed by atoms with van der Waals surface area (Å²) in [5, 5.41) is 2.97. The van der Waals surface area contributed by atoms with Crippen LogP contribution in [0.1, 0.15) is 37.2 Å². The van der Waals surface area contributed by atoms with Crippen molar-refractivity contribution in [2.45, 2.75) is 11.8 Å². The van der Waals surface area contributed by atoms with E-state index in [2.05, 4.69) is 17.4 Å². The van der Waals surface area contributed by atoms with Crippen LogP contribution in [-0.2, 0) is 16.0 Å². The SMILES string of the molecule is COC(=O)c1ccc(Cl)c(NC(=O)c2ccc([C@@H]3SCC(=O)N3CCc3ccccc3)cc2)c1. The minimum Gasteiger partial charge on any atom is -0.465 e. The van der Waals surface area contributed by atoms with Gasteiger partial charge in [0.15, 0.2) is 0 Å². The number of ether oxygens (including phenoxy) is 1. The molecule has 1 heterocycles. The fraction of sp³-hybridized carbons (Fsp3) is 0.192. The maximum atomic E-state index is 12.8. The summed E-state index contributed by atoms with van der Waals surface area (Å²) in [6.07, 6.45) is 0.787. The number of nitrogens with zero attached hydrogens (tertiary/aromatic N) is 1. The number of carbonyl (C=O) groups excluding carboxylic acids is 3. The molecular weight excluding hydrogens is 472 g/mol. The van der Waals surface area contributed by atoms with Crippen molar-refractivity contribution in [1.29, 1.82) is 0 Å². The zero-order valence-electron chi connectivity index (χ0n) is 18.5. The molecule has 4 rings (SSSR count).